The van der Waals surface area contributed by atoms with E-state index in [1.807, 2.05) is 24.3 Å². The maximum absolute atomic E-state index is 14.0. The van der Waals surface area contributed by atoms with E-state index >= 15 is 0 Å². The second-order valence-corrected chi connectivity index (χ2v) is 9.44. The fourth-order valence-electron chi connectivity index (χ4n) is 4.86. The van der Waals surface area contributed by atoms with Crippen LogP contribution in [0, 0.1) is 6.92 Å². The van der Waals surface area contributed by atoms with E-state index in [0.717, 1.165) is 25.7 Å². The highest BCUT2D eigenvalue weighted by atomic mass is 16.3. The van der Waals surface area contributed by atoms with Gasteiger partial charge < -0.3 is 9.73 Å². The van der Waals surface area contributed by atoms with Gasteiger partial charge in [0.1, 0.15) is 23.6 Å². The lowest BCUT2D eigenvalue weighted by molar-refractivity contribution is -0.127. The number of carbonyl (C=O) groups is 3. The van der Waals surface area contributed by atoms with Crippen LogP contribution in [0.15, 0.2) is 65.1 Å². The molecule has 9 heteroatoms. The first-order chi connectivity index (χ1) is 17.9. The summed E-state index contributed by atoms with van der Waals surface area (Å²) in [5.74, 6) is 0.229. The van der Waals surface area contributed by atoms with E-state index < -0.39 is 6.04 Å². The van der Waals surface area contributed by atoms with Crippen molar-refractivity contribution in [2.24, 2.45) is 0 Å². The molecule has 1 aliphatic carbocycles. The summed E-state index contributed by atoms with van der Waals surface area (Å²) in [6.45, 7) is 3.14. The maximum atomic E-state index is 14.0. The van der Waals surface area contributed by atoms with E-state index in [-0.39, 0.29) is 30.2 Å². The Morgan fingerprint density at radius 3 is 2.46 bits per heavy atom. The van der Waals surface area contributed by atoms with Crippen LogP contribution in [0.1, 0.15) is 60.5 Å². The van der Waals surface area contributed by atoms with E-state index in [4.69, 9.17) is 4.42 Å². The first-order valence-corrected chi connectivity index (χ1v) is 12.5. The summed E-state index contributed by atoms with van der Waals surface area (Å²) in [6, 6.07) is 16.6. The number of aryl methyl sites for hydroxylation is 1. The van der Waals surface area contributed by atoms with Crippen LogP contribution in [0.5, 0.6) is 0 Å². The van der Waals surface area contributed by atoms with Gasteiger partial charge >= 0.3 is 0 Å². The second-order valence-electron chi connectivity index (χ2n) is 9.44. The van der Waals surface area contributed by atoms with Crippen molar-refractivity contribution < 1.29 is 18.8 Å². The molecule has 2 aromatic heterocycles. The third-order valence-electron chi connectivity index (χ3n) is 6.76. The SMILES string of the molecule is CC(=O)c1ccc(N(C(=O)Cn2nnc3ccccc32)[C@@H](C(=O)NC2CCCC2)c2ccc(C)o2)cc1. The summed E-state index contributed by atoms with van der Waals surface area (Å²) in [5, 5.41) is 11.4. The second kappa shape index (κ2) is 10.4. The molecular weight excluding hydrogens is 470 g/mol. The zero-order chi connectivity index (χ0) is 25.9. The Kier molecular flexibility index (Phi) is 6.85. The highest BCUT2D eigenvalue weighted by Crippen LogP contribution is 2.31. The van der Waals surface area contributed by atoms with Gasteiger partial charge in [-0.15, -0.1) is 5.10 Å². The van der Waals surface area contributed by atoms with Crippen LogP contribution in [0.25, 0.3) is 11.0 Å². The quantitative estimate of drug-likeness (QED) is 0.361. The minimum Gasteiger partial charge on any atom is -0.464 e. The van der Waals surface area contributed by atoms with E-state index in [0.29, 0.717) is 33.8 Å². The van der Waals surface area contributed by atoms with Crippen molar-refractivity contribution in [2.75, 3.05) is 4.90 Å². The van der Waals surface area contributed by atoms with Gasteiger partial charge in [0.15, 0.2) is 11.8 Å². The molecule has 37 heavy (non-hydrogen) atoms. The van der Waals surface area contributed by atoms with Crippen molar-refractivity contribution in [3.05, 3.63) is 77.7 Å². The van der Waals surface area contributed by atoms with E-state index in [9.17, 15) is 14.4 Å². The molecule has 9 nitrogen and oxygen atoms in total. The first kappa shape index (κ1) is 24.4. The van der Waals surface area contributed by atoms with Crippen LogP contribution in [0.4, 0.5) is 5.69 Å². The lowest BCUT2D eigenvalue weighted by Crippen LogP contribution is -2.47. The molecule has 0 saturated heterocycles. The van der Waals surface area contributed by atoms with Gasteiger partial charge in [0, 0.05) is 17.3 Å². The van der Waals surface area contributed by atoms with E-state index in [1.165, 1.54) is 16.5 Å². The number of Topliss-reactive ketones (excluding diaryl/α,β-unsaturated/α-hetero) is 1. The number of nitrogens with zero attached hydrogens (tertiary/aromatic N) is 4. The smallest absolute Gasteiger partial charge is 0.251 e. The molecule has 1 atom stereocenters. The van der Waals surface area contributed by atoms with Gasteiger partial charge in [-0.2, -0.15) is 0 Å². The zero-order valence-electron chi connectivity index (χ0n) is 20.9. The average Bonchev–Trinajstić information content (AvgIpc) is 3.65. The highest BCUT2D eigenvalue weighted by Gasteiger charge is 2.36. The minimum atomic E-state index is -1.04. The molecular formula is C28H29N5O4. The monoisotopic (exact) mass is 499 g/mol. The largest absolute Gasteiger partial charge is 0.464 e. The van der Waals surface area contributed by atoms with Crippen LogP contribution in [0.3, 0.4) is 0 Å². The molecule has 5 rings (SSSR count). The number of hydrogen-bond acceptors (Lipinski definition) is 6. The van der Waals surface area contributed by atoms with Crippen LogP contribution < -0.4 is 10.2 Å². The molecule has 0 radical (unpaired) electrons. The Bertz CT molecular complexity index is 1430. The number of benzene rings is 2. The molecule has 0 aliphatic heterocycles. The number of aromatic nitrogens is 3. The number of nitrogens with one attached hydrogen (secondary N) is 1. The number of para-hydroxylation sites is 1. The molecule has 2 heterocycles. The van der Waals surface area contributed by atoms with E-state index in [1.54, 1.807) is 43.3 Å². The van der Waals surface area contributed by atoms with Crippen molar-refractivity contribution in [3.63, 3.8) is 0 Å². The Morgan fingerprint density at radius 1 is 1.05 bits per heavy atom. The predicted octanol–water partition coefficient (Wildman–Crippen LogP) is 4.37. The molecule has 1 saturated carbocycles. The Labute approximate surface area is 214 Å². The number of fused-ring (bicyclic) bond motifs is 1. The van der Waals surface area contributed by atoms with Crippen molar-refractivity contribution in [2.45, 2.75) is 58.2 Å². The summed E-state index contributed by atoms with van der Waals surface area (Å²) < 4.78 is 7.43. The number of carbonyl (C=O) groups excluding carboxylic acids is 3. The van der Waals surface area contributed by atoms with Gasteiger partial charge in [-0.1, -0.05) is 30.2 Å². The van der Waals surface area contributed by atoms with Gasteiger partial charge in [-0.3, -0.25) is 19.3 Å². The minimum absolute atomic E-state index is 0.0577. The van der Waals surface area contributed by atoms with Gasteiger partial charge in [0.05, 0.1) is 5.52 Å². The zero-order valence-corrected chi connectivity index (χ0v) is 20.9. The van der Waals surface area contributed by atoms with Gasteiger partial charge in [0.2, 0.25) is 5.91 Å². The average molecular weight is 500 g/mol. The number of amides is 2. The number of hydrogen-bond donors (Lipinski definition) is 1. The topological polar surface area (TPSA) is 110 Å². The summed E-state index contributed by atoms with van der Waals surface area (Å²) in [7, 11) is 0. The van der Waals surface area contributed by atoms with Crippen molar-refractivity contribution in [1.82, 2.24) is 20.3 Å². The summed E-state index contributed by atoms with van der Waals surface area (Å²) in [6.07, 6.45) is 3.93. The predicted molar refractivity (Wildman–Crippen MR) is 138 cm³/mol. The van der Waals surface area contributed by atoms with Crippen LogP contribution >= 0.6 is 0 Å². The number of ketones is 1. The molecule has 190 valence electrons. The molecule has 0 bridgehead atoms. The van der Waals surface area contributed by atoms with Crippen LogP contribution in [-0.2, 0) is 16.1 Å². The van der Waals surface area contributed by atoms with Gasteiger partial charge in [-0.25, -0.2) is 4.68 Å². The lowest BCUT2D eigenvalue weighted by atomic mass is 10.1. The number of anilines is 1. The van der Waals surface area contributed by atoms with E-state index in [2.05, 4.69) is 15.6 Å². The van der Waals surface area contributed by atoms with Crippen LogP contribution in [0.2, 0.25) is 0 Å². The van der Waals surface area contributed by atoms with Gasteiger partial charge in [0.25, 0.3) is 5.91 Å². The first-order valence-electron chi connectivity index (χ1n) is 12.5. The summed E-state index contributed by atoms with van der Waals surface area (Å²) >= 11 is 0. The number of furan rings is 1. The molecule has 4 aromatic rings. The maximum Gasteiger partial charge on any atom is 0.251 e. The Balaban J connectivity index is 1.56. The fourth-order valence-corrected chi connectivity index (χ4v) is 4.86. The van der Waals surface area contributed by atoms with Gasteiger partial charge in [-0.05, 0) is 75.2 Å². The van der Waals surface area contributed by atoms with Crippen molar-refractivity contribution in [1.29, 1.82) is 0 Å². The third-order valence-corrected chi connectivity index (χ3v) is 6.76. The molecule has 0 unspecified atom stereocenters. The lowest BCUT2D eigenvalue weighted by Gasteiger charge is -2.31. The van der Waals surface area contributed by atoms with Crippen molar-refractivity contribution >= 4 is 34.3 Å². The molecule has 2 amide bonds. The molecule has 1 N–H and O–H groups in total. The van der Waals surface area contributed by atoms with Crippen molar-refractivity contribution in [3.8, 4) is 0 Å². The standard InChI is InChI=1S/C28H29N5O4/c1-18-11-16-25(37-18)27(28(36)29-21-7-3-4-8-21)33(22-14-12-20(13-15-22)19(2)34)26(35)17-32-24-10-6-5-9-23(24)30-31-32/h5-6,9-16,21,27H,3-4,7-8,17H2,1-2H3,(H,29,36)/t27-/m1/s1. The van der Waals surface area contributed by atoms with Crippen LogP contribution in [-0.4, -0.2) is 38.6 Å². The summed E-state index contributed by atoms with van der Waals surface area (Å²) in [4.78, 5) is 41.1. The molecule has 0 spiro atoms. The highest BCUT2D eigenvalue weighted by molar-refractivity contribution is 6.02. The molecule has 1 fully saturated rings. The number of rotatable bonds is 8. The third kappa shape index (κ3) is 5.16. The Morgan fingerprint density at radius 2 is 1.78 bits per heavy atom. The Hall–Kier alpha value is -4.27. The molecule has 1 aliphatic rings. The fraction of sp³-hybridized carbons (Fsp3) is 0.321. The molecule has 2 aromatic carbocycles. The normalized spacial score (nSPS) is 14.5. The summed E-state index contributed by atoms with van der Waals surface area (Å²) in [5.41, 5.74) is 2.37.